The lowest BCUT2D eigenvalue weighted by atomic mass is 9.90. The van der Waals surface area contributed by atoms with Gasteiger partial charge in [0.05, 0.1) is 11.9 Å². The zero-order chi connectivity index (χ0) is 22.6. The van der Waals surface area contributed by atoms with E-state index in [1.165, 1.54) is 13.1 Å². The largest absolute Gasteiger partial charge is 0.333 e. The lowest BCUT2D eigenvalue weighted by Crippen LogP contribution is -2.35. The molecule has 0 fully saturated rings. The molecule has 30 heavy (non-hydrogen) atoms. The molecule has 2 rings (SSSR count). The average molecular weight is 433 g/mol. The molecule has 2 amide bonds. The maximum atomic E-state index is 12.6. The van der Waals surface area contributed by atoms with Crippen LogP contribution in [0.25, 0.3) is 0 Å². The Bertz CT molecular complexity index is 1030. The fraction of sp³-hybridized carbons (Fsp3) is 0.429. The monoisotopic (exact) mass is 432 g/mol. The molecule has 1 aromatic carbocycles. The summed E-state index contributed by atoms with van der Waals surface area (Å²) in [5.74, 6) is 0.0817. The van der Waals surface area contributed by atoms with Crippen molar-refractivity contribution in [2.45, 2.75) is 64.8 Å². The third-order valence-corrected chi connectivity index (χ3v) is 5.62. The van der Waals surface area contributed by atoms with Crippen molar-refractivity contribution in [3.63, 3.8) is 0 Å². The van der Waals surface area contributed by atoms with Crippen molar-refractivity contribution in [3.8, 4) is 0 Å². The van der Waals surface area contributed by atoms with E-state index in [4.69, 9.17) is 0 Å². The standard InChI is InChI=1S/C21H28N4O4S/c1-12(2)17-7-14(5)8-18(13(3)4)20(17)24-21(27)25-30(28,29)19-11-22-10-16(23-19)9-15(6)26/h7-8,10-13H,9H2,1-6H3,(H2,24,25,27). The van der Waals surface area contributed by atoms with Crippen LogP contribution in [0.1, 0.15) is 68.8 Å². The minimum atomic E-state index is -4.26. The highest BCUT2D eigenvalue weighted by Gasteiger charge is 2.23. The highest BCUT2D eigenvalue weighted by atomic mass is 32.2. The number of amides is 2. The van der Waals surface area contributed by atoms with Gasteiger partial charge in [0, 0.05) is 18.3 Å². The number of urea groups is 1. The van der Waals surface area contributed by atoms with E-state index < -0.39 is 21.1 Å². The number of hydrogen-bond donors (Lipinski definition) is 2. The zero-order valence-corrected chi connectivity index (χ0v) is 18.9. The number of aryl methyl sites for hydroxylation is 1. The molecule has 0 aliphatic rings. The molecule has 2 N–H and O–H groups in total. The van der Waals surface area contributed by atoms with Crippen molar-refractivity contribution in [1.29, 1.82) is 0 Å². The van der Waals surface area contributed by atoms with Crippen LogP contribution in [0.5, 0.6) is 0 Å². The smallest absolute Gasteiger partial charge is 0.307 e. The molecule has 0 spiro atoms. The Kier molecular flexibility index (Phi) is 7.30. The van der Waals surface area contributed by atoms with Crippen LogP contribution in [0.4, 0.5) is 10.5 Å². The van der Waals surface area contributed by atoms with Gasteiger partial charge < -0.3 is 5.32 Å². The highest BCUT2D eigenvalue weighted by molar-refractivity contribution is 7.90. The maximum absolute atomic E-state index is 12.6. The summed E-state index contributed by atoms with van der Waals surface area (Å²) in [6.07, 6.45) is 2.31. The number of Topliss-reactive ketones (excluding diaryl/α,β-unsaturated/α-hetero) is 1. The van der Waals surface area contributed by atoms with Crippen LogP contribution in [0.3, 0.4) is 0 Å². The Hall–Kier alpha value is -2.81. The van der Waals surface area contributed by atoms with Gasteiger partial charge in [-0.3, -0.25) is 9.78 Å². The molecule has 0 saturated carbocycles. The number of carbonyl (C=O) groups is 2. The Balaban J connectivity index is 2.32. The summed E-state index contributed by atoms with van der Waals surface area (Å²) in [6, 6.07) is 3.08. The van der Waals surface area contributed by atoms with Crippen LogP contribution >= 0.6 is 0 Å². The van der Waals surface area contributed by atoms with Gasteiger partial charge in [-0.05, 0) is 36.8 Å². The van der Waals surface area contributed by atoms with Crippen molar-refractivity contribution >= 4 is 27.5 Å². The van der Waals surface area contributed by atoms with E-state index in [0.29, 0.717) is 5.69 Å². The molecular formula is C21H28N4O4S. The lowest BCUT2D eigenvalue weighted by molar-refractivity contribution is -0.116. The average Bonchev–Trinajstić information content (AvgIpc) is 2.61. The van der Waals surface area contributed by atoms with Gasteiger partial charge in [-0.15, -0.1) is 0 Å². The number of anilines is 1. The van der Waals surface area contributed by atoms with E-state index in [1.54, 1.807) is 0 Å². The Morgan fingerprint density at radius 3 is 2.10 bits per heavy atom. The quantitative estimate of drug-likeness (QED) is 0.689. The number of sulfonamides is 1. The molecule has 1 aromatic heterocycles. The first-order valence-electron chi connectivity index (χ1n) is 9.69. The van der Waals surface area contributed by atoms with Gasteiger partial charge in [-0.1, -0.05) is 45.4 Å². The van der Waals surface area contributed by atoms with Gasteiger partial charge in [-0.25, -0.2) is 14.5 Å². The fourth-order valence-electron chi connectivity index (χ4n) is 3.07. The minimum Gasteiger partial charge on any atom is -0.307 e. The number of nitrogens with zero attached hydrogens (tertiary/aromatic N) is 2. The first kappa shape index (κ1) is 23.5. The predicted octanol–water partition coefficient (Wildman–Crippen LogP) is 3.67. The second-order valence-corrected chi connectivity index (χ2v) is 9.54. The van der Waals surface area contributed by atoms with E-state index in [9.17, 15) is 18.0 Å². The van der Waals surface area contributed by atoms with E-state index in [2.05, 4.69) is 15.3 Å². The number of rotatable bonds is 7. The van der Waals surface area contributed by atoms with Crippen LogP contribution in [-0.4, -0.2) is 30.2 Å². The first-order chi connectivity index (χ1) is 13.9. The van der Waals surface area contributed by atoms with Crippen LogP contribution in [-0.2, 0) is 21.2 Å². The lowest BCUT2D eigenvalue weighted by Gasteiger charge is -2.21. The summed E-state index contributed by atoms with van der Waals surface area (Å²) in [4.78, 5) is 31.6. The number of hydrogen-bond acceptors (Lipinski definition) is 6. The van der Waals surface area contributed by atoms with E-state index in [-0.39, 0.29) is 29.7 Å². The molecular weight excluding hydrogens is 404 g/mol. The van der Waals surface area contributed by atoms with Crippen molar-refractivity contribution in [1.82, 2.24) is 14.7 Å². The van der Waals surface area contributed by atoms with Crippen LogP contribution in [0, 0.1) is 6.92 Å². The van der Waals surface area contributed by atoms with E-state index in [0.717, 1.165) is 22.9 Å². The third kappa shape index (κ3) is 5.85. The predicted molar refractivity (Wildman–Crippen MR) is 115 cm³/mol. The Morgan fingerprint density at radius 2 is 1.60 bits per heavy atom. The Morgan fingerprint density at radius 1 is 1.03 bits per heavy atom. The topological polar surface area (TPSA) is 118 Å². The van der Waals surface area contributed by atoms with Gasteiger partial charge in [0.25, 0.3) is 10.0 Å². The number of carbonyl (C=O) groups excluding carboxylic acids is 2. The molecule has 0 saturated heterocycles. The number of nitrogens with one attached hydrogen (secondary N) is 2. The van der Waals surface area contributed by atoms with E-state index >= 15 is 0 Å². The molecule has 8 nitrogen and oxygen atoms in total. The van der Waals surface area contributed by atoms with Crippen molar-refractivity contribution < 1.29 is 18.0 Å². The zero-order valence-electron chi connectivity index (χ0n) is 18.1. The molecule has 0 bridgehead atoms. The molecule has 9 heteroatoms. The van der Waals surface area contributed by atoms with Gasteiger partial charge in [0.2, 0.25) is 0 Å². The van der Waals surface area contributed by atoms with Gasteiger partial charge >= 0.3 is 6.03 Å². The van der Waals surface area contributed by atoms with Gasteiger partial charge in [0.1, 0.15) is 5.78 Å². The molecule has 1 heterocycles. The minimum absolute atomic E-state index is 0.0403. The molecule has 0 unspecified atom stereocenters. The Labute approximate surface area is 177 Å². The third-order valence-electron chi connectivity index (χ3n) is 4.42. The van der Waals surface area contributed by atoms with Crippen LogP contribution < -0.4 is 10.0 Å². The summed E-state index contributed by atoms with van der Waals surface area (Å²) in [5, 5.41) is 2.29. The molecule has 0 radical (unpaired) electrons. The second kappa shape index (κ2) is 9.34. The van der Waals surface area contributed by atoms with E-state index in [1.807, 2.05) is 51.5 Å². The van der Waals surface area contributed by atoms with Crippen molar-refractivity contribution in [3.05, 3.63) is 46.9 Å². The summed E-state index contributed by atoms with van der Waals surface area (Å²) in [7, 11) is -4.26. The first-order valence-corrected chi connectivity index (χ1v) is 11.2. The van der Waals surface area contributed by atoms with Crippen molar-refractivity contribution in [2.75, 3.05) is 5.32 Å². The number of benzene rings is 1. The molecule has 0 atom stereocenters. The SMILES string of the molecule is CC(=O)Cc1cncc(S(=O)(=O)NC(=O)Nc2c(C(C)C)cc(C)cc2C(C)C)n1. The summed E-state index contributed by atoms with van der Waals surface area (Å²) < 4.78 is 27.2. The summed E-state index contributed by atoms with van der Waals surface area (Å²) in [5.41, 5.74) is 3.74. The van der Waals surface area contributed by atoms with Gasteiger partial charge in [0.15, 0.2) is 5.03 Å². The van der Waals surface area contributed by atoms with Crippen LogP contribution in [0.2, 0.25) is 0 Å². The number of ketones is 1. The normalized spacial score (nSPS) is 11.6. The second-order valence-electron chi connectivity index (χ2n) is 7.91. The summed E-state index contributed by atoms with van der Waals surface area (Å²) >= 11 is 0. The summed E-state index contributed by atoms with van der Waals surface area (Å²) in [6.45, 7) is 11.4. The maximum Gasteiger partial charge on any atom is 0.333 e. The van der Waals surface area contributed by atoms with Crippen LogP contribution in [0.15, 0.2) is 29.6 Å². The highest BCUT2D eigenvalue weighted by Crippen LogP contribution is 2.33. The molecule has 0 aliphatic heterocycles. The molecule has 2 aromatic rings. The van der Waals surface area contributed by atoms with Crippen molar-refractivity contribution in [2.24, 2.45) is 0 Å². The molecule has 0 aliphatic carbocycles. The van der Waals surface area contributed by atoms with Gasteiger partial charge in [-0.2, -0.15) is 8.42 Å². The fourth-order valence-corrected chi connectivity index (χ4v) is 3.90. The molecule has 162 valence electrons. The number of aromatic nitrogens is 2.